The first-order chi connectivity index (χ1) is 15.1. The van der Waals surface area contributed by atoms with Crippen LogP contribution in [0.1, 0.15) is 18.9 Å². The van der Waals surface area contributed by atoms with E-state index in [9.17, 15) is 27.3 Å². The third-order valence-electron chi connectivity index (χ3n) is 5.48. The van der Waals surface area contributed by atoms with Crippen LogP contribution in [0.4, 0.5) is 20.3 Å². The van der Waals surface area contributed by atoms with Gasteiger partial charge in [-0.3, -0.25) is 9.48 Å². The van der Waals surface area contributed by atoms with Crippen molar-refractivity contribution in [2.24, 2.45) is 5.92 Å². The molecule has 2 N–H and O–H groups in total. The maximum absolute atomic E-state index is 13.8. The van der Waals surface area contributed by atoms with E-state index in [0.29, 0.717) is 11.2 Å². The normalized spacial score (nSPS) is 18.4. The fourth-order valence-corrected chi connectivity index (χ4v) is 4.54. The van der Waals surface area contributed by atoms with Crippen LogP contribution in [0, 0.1) is 17.2 Å². The third-order valence-corrected chi connectivity index (χ3v) is 7.31. The summed E-state index contributed by atoms with van der Waals surface area (Å²) in [7, 11) is -0.757. The minimum absolute atomic E-state index is 0.0892. The maximum atomic E-state index is 13.8. The summed E-state index contributed by atoms with van der Waals surface area (Å²) in [5, 5.41) is 16.7. The van der Waals surface area contributed by atoms with E-state index in [-0.39, 0.29) is 28.9 Å². The van der Waals surface area contributed by atoms with Gasteiger partial charge < -0.3 is 10.3 Å². The molecule has 2 atom stereocenters. The summed E-state index contributed by atoms with van der Waals surface area (Å²) in [6.07, 6.45) is 0.872. The van der Waals surface area contributed by atoms with E-state index in [2.05, 4.69) is 15.4 Å². The first-order valence-corrected chi connectivity index (χ1v) is 11.1. The van der Waals surface area contributed by atoms with Gasteiger partial charge in [-0.15, -0.1) is 0 Å². The highest BCUT2D eigenvalue weighted by Crippen LogP contribution is 2.55. The third kappa shape index (κ3) is 3.74. The zero-order valence-electron chi connectivity index (χ0n) is 17.2. The minimum atomic E-state index is -3.61. The summed E-state index contributed by atoms with van der Waals surface area (Å²) in [5.74, 6) is -3.78. The summed E-state index contributed by atoms with van der Waals surface area (Å²) in [4.78, 5) is 15.1. The van der Waals surface area contributed by atoms with E-state index in [1.54, 1.807) is 6.07 Å². The molecule has 32 heavy (non-hydrogen) atoms. The molecule has 0 aliphatic heterocycles. The number of H-pyrrole nitrogens is 1. The molecule has 0 amide bonds. The number of anilines is 2. The molecule has 1 aromatic carbocycles. The van der Waals surface area contributed by atoms with Crippen LogP contribution in [0.25, 0.3) is 10.9 Å². The van der Waals surface area contributed by atoms with Crippen LogP contribution in [0.15, 0.2) is 46.2 Å². The molecule has 0 bridgehead atoms. The molecule has 168 valence electrons. The number of nitriles is 1. The van der Waals surface area contributed by atoms with E-state index in [1.807, 2.05) is 6.07 Å². The molecule has 2 heterocycles. The Bertz CT molecular complexity index is 1370. The number of sulfonamides is 1. The van der Waals surface area contributed by atoms with Gasteiger partial charge in [0.25, 0.3) is 11.5 Å². The smallest absolute Gasteiger partial charge is 0.261 e. The number of pyridine rings is 1. The van der Waals surface area contributed by atoms with E-state index in [1.165, 1.54) is 49.2 Å². The van der Waals surface area contributed by atoms with Crippen LogP contribution in [-0.2, 0) is 10.0 Å². The maximum Gasteiger partial charge on any atom is 0.261 e. The van der Waals surface area contributed by atoms with Crippen molar-refractivity contribution in [2.75, 3.05) is 19.4 Å². The van der Waals surface area contributed by atoms with Crippen molar-refractivity contribution in [3.63, 3.8) is 0 Å². The number of hydrogen-bond acceptors (Lipinski definition) is 6. The molecule has 1 aliphatic rings. The lowest BCUT2D eigenvalue weighted by molar-refractivity contribution is 0.0853. The van der Waals surface area contributed by atoms with Crippen LogP contribution >= 0.6 is 0 Å². The van der Waals surface area contributed by atoms with Gasteiger partial charge in [-0.1, -0.05) is 0 Å². The van der Waals surface area contributed by atoms with Gasteiger partial charge in [0, 0.05) is 32.4 Å². The van der Waals surface area contributed by atoms with Gasteiger partial charge in [0.1, 0.15) is 5.39 Å². The van der Waals surface area contributed by atoms with Gasteiger partial charge in [-0.25, -0.2) is 21.5 Å². The van der Waals surface area contributed by atoms with Gasteiger partial charge in [-0.05, 0) is 30.3 Å². The Balaban J connectivity index is 1.74. The average Bonchev–Trinajstić information content (AvgIpc) is 3.21. The zero-order chi connectivity index (χ0) is 23.3. The average molecular weight is 462 g/mol. The number of alkyl halides is 2. The highest BCUT2D eigenvalue weighted by molar-refractivity contribution is 7.89. The molecule has 1 aliphatic carbocycles. The lowest BCUT2D eigenvalue weighted by Crippen LogP contribution is -2.22. The van der Waals surface area contributed by atoms with Gasteiger partial charge in [-0.2, -0.15) is 10.4 Å². The van der Waals surface area contributed by atoms with Crippen molar-refractivity contribution in [3.8, 4) is 6.07 Å². The van der Waals surface area contributed by atoms with Crippen LogP contribution in [-0.4, -0.2) is 47.5 Å². The van der Waals surface area contributed by atoms with Gasteiger partial charge in [0.05, 0.1) is 34.9 Å². The van der Waals surface area contributed by atoms with Crippen LogP contribution in [0.5, 0.6) is 0 Å². The number of hydrogen-bond donors (Lipinski definition) is 2. The monoisotopic (exact) mass is 462 g/mol. The standard InChI is InChI=1S/C20H20F2N6O3S/c1-27(2)32(30,31)13-5-3-12(4-6-13)25-18-17-16(8-10-24-19(17)29)28(26-18)15(7-9-23)14-11-20(14,21)22/h3-6,8,10,14-15H,7,11H2,1-2H3,(H,24,29)(H,25,26)/t14-,15+/m0/s1. The molecular weight excluding hydrogens is 442 g/mol. The summed E-state index contributed by atoms with van der Waals surface area (Å²) >= 11 is 0. The highest BCUT2D eigenvalue weighted by atomic mass is 32.2. The number of benzene rings is 1. The van der Waals surface area contributed by atoms with E-state index >= 15 is 0 Å². The minimum Gasteiger partial charge on any atom is -0.338 e. The molecule has 0 spiro atoms. The molecule has 1 fully saturated rings. The number of nitrogens with one attached hydrogen (secondary N) is 2. The van der Waals surface area contributed by atoms with Crippen molar-refractivity contribution in [1.82, 2.24) is 19.1 Å². The fourth-order valence-electron chi connectivity index (χ4n) is 3.64. The quantitative estimate of drug-likeness (QED) is 0.557. The van der Waals surface area contributed by atoms with E-state index in [0.717, 1.165) is 4.31 Å². The lowest BCUT2D eigenvalue weighted by Gasteiger charge is -2.15. The lowest BCUT2D eigenvalue weighted by atomic mass is 10.1. The summed E-state index contributed by atoms with van der Waals surface area (Å²) < 4.78 is 54.5. The Hall–Kier alpha value is -3.30. The Morgan fingerprint density at radius 1 is 1.34 bits per heavy atom. The van der Waals surface area contributed by atoms with Crippen LogP contribution in [0.2, 0.25) is 0 Å². The highest BCUT2D eigenvalue weighted by Gasteiger charge is 2.61. The largest absolute Gasteiger partial charge is 0.338 e. The van der Waals surface area contributed by atoms with E-state index < -0.39 is 33.5 Å². The van der Waals surface area contributed by atoms with E-state index in [4.69, 9.17) is 0 Å². The molecule has 1 saturated carbocycles. The predicted molar refractivity (Wildman–Crippen MR) is 113 cm³/mol. The SMILES string of the molecule is CN(C)S(=O)(=O)c1ccc(Nc2nn([C@H](CC#N)[C@@H]3CC3(F)F)c3cc[nH]c(=O)c23)cc1. The molecule has 3 aromatic rings. The molecule has 12 heteroatoms. The summed E-state index contributed by atoms with van der Waals surface area (Å²) in [5.41, 5.74) is 0.304. The Kier molecular flexibility index (Phi) is 5.26. The Labute approximate surface area is 182 Å². The Morgan fingerprint density at radius 2 is 2.00 bits per heavy atom. The van der Waals surface area contributed by atoms with Crippen molar-refractivity contribution < 1.29 is 17.2 Å². The molecule has 0 saturated heterocycles. The Morgan fingerprint density at radius 3 is 2.56 bits per heavy atom. The molecule has 4 rings (SSSR count). The number of aromatic amines is 1. The van der Waals surface area contributed by atoms with Crippen LogP contribution < -0.4 is 10.9 Å². The predicted octanol–water partition coefficient (Wildman–Crippen LogP) is 2.83. The topological polar surface area (TPSA) is 124 Å². The zero-order valence-corrected chi connectivity index (χ0v) is 18.0. The molecule has 0 radical (unpaired) electrons. The van der Waals surface area contributed by atoms with Gasteiger partial charge in [0.15, 0.2) is 5.82 Å². The first-order valence-electron chi connectivity index (χ1n) is 9.70. The summed E-state index contributed by atoms with van der Waals surface area (Å²) in [6.45, 7) is 0. The second-order valence-corrected chi connectivity index (χ2v) is 9.95. The van der Waals surface area contributed by atoms with Gasteiger partial charge >= 0.3 is 0 Å². The first kappa shape index (κ1) is 21.9. The van der Waals surface area contributed by atoms with Crippen molar-refractivity contribution in [3.05, 3.63) is 46.9 Å². The number of nitrogens with zero attached hydrogens (tertiary/aromatic N) is 4. The second kappa shape index (κ2) is 7.68. The molecule has 2 aromatic heterocycles. The summed E-state index contributed by atoms with van der Waals surface area (Å²) in [6, 6.07) is 8.44. The van der Waals surface area contributed by atoms with Crippen molar-refractivity contribution in [1.29, 1.82) is 5.26 Å². The molecular formula is C20H20F2N6O3S. The van der Waals surface area contributed by atoms with Gasteiger partial charge in [0.2, 0.25) is 10.0 Å². The second-order valence-electron chi connectivity index (χ2n) is 7.80. The van der Waals surface area contributed by atoms with Crippen molar-refractivity contribution in [2.45, 2.75) is 29.7 Å². The molecule has 9 nitrogen and oxygen atoms in total. The fraction of sp³-hybridized carbons (Fsp3) is 0.350. The van der Waals surface area contributed by atoms with Crippen molar-refractivity contribution >= 4 is 32.4 Å². The number of rotatable bonds is 7. The number of halogens is 2. The molecule has 0 unspecified atom stereocenters. The van der Waals surface area contributed by atoms with Crippen LogP contribution in [0.3, 0.4) is 0 Å². The number of aromatic nitrogens is 3. The number of fused-ring (bicyclic) bond motifs is 1.